The van der Waals surface area contributed by atoms with Crippen LogP contribution in [-0.4, -0.2) is 20.9 Å². The van der Waals surface area contributed by atoms with E-state index in [9.17, 15) is 18.0 Å². The predicted octanol–water partition coefficient (Wildman–Crippen LogP) is 5.70. The molecule has 0 aliphatic heterocycles. The van der Waals surface area contributed by atoms with Crippen LogP contribution in [0.3, 0.4) is 0 Å². The summed E-state index contributed by atoms with van der Waals surface area (Å²) in [7, 11) is 0. The number of aromatic nitrogens is 2. The van der Waals surface area contributed by atoms with E-state index >= 15 is 0 Å². The van der Waals surface area contributed by atoms with Gasteiger partial charge in [-0.2, -0.15) is 18.3 Å². The Morgan fingerprint density at radius 1 is 1.37 bits per heavy atom. The first-order valence-electron chi connectivity index (χ1n) is 8.40. The molecule has 1 atom stereocenters. The van der Waals surface area contributed by atoms with E-state index in [0.29, 0.717) is 21.3 Å². The van der Waals surface area contributed by atoms with Crippen molar-refractivity contribution < 1.29 is 18.0 Å². The number of benzene rings is 1. The van der Waals surface area contributed by atoms with Gasteiger partial charge in [-0.3, -0.25) is 9.48 Å². The molecular formula is C18H21ClF3N3OS. The van der Waals surface area contributed by atoms with Crippen molar-refractivity contribution in [3.63, 3.8) is 0 Å². The van der Waals surface area contributed by atoms with Crippen LogP contribution in [0.4, 0.5) is 18.9 Å². The number of anilines is 1. The summed E-state index contributed by atoms with van der Waals surface area (Å²) in [5, 5.41) is 7.09. The minimum Gasteiger partial charge on any atom is -0.324 e. The first-order chi connectivity index (χ1) is 12.5. The van der Waals surface area contributed by atoms with Crippen LogP contribution in [0.2, 0.25) is 5.02 Å². The average Bonchev–Trinajstić information content (AvgIpc) is 2.82. The van der Waals surface area contributed by atoms with E-state index in [1.54, 1.807) is 19.9 Å². The lowest BCUT2D eigenvalue weighted by Gasteiger charge is -2.16. The van der Waals surface area contributed by atoms with E-state index in [1.807, 2.05) is 13.8 Å². The first-order valence-corrected chi connectivity index (χ1v) is 9.66. The van der Waals surface area contributed by atoms with Gasteiger partial charge in [0.05, 0.1) is 27.7 Å². The maximum Gasteiger partial charge on any atom is 0.418 e. The third-order valence-corrected chi connectivity index (χ3v) is 5.88. The standard InChI is InChI=1S/C18H21ClF3N3OS/c1-5-10(2)27-13-6-7-15(14(8-13)18(20,21)22)23-16(26)9-25-12(4)17(19)11(3)24-25/h6-8,10H,5,9H2,1-4H3,(H,23,26). The summed E-state index contributed by atoms with van der Waals surface area (Å²) in [5.41, 5.74) is 0.00853. The molecule has 1 aromatic heterocycles. The van der Waals surface area contributed by atoms with Gasteiger partial charge < -0.3 is 5.32 Å². The third-order valence-electron chi connectivity index (χ3n) is 4.07. The average molecular weight is 420 g/mol. The van der Waals surface area contributed by atoms with E-state index in [-0.39, 0.29) is 17.5 Å². The molecular weight excluding hydrogens is 399 g/mol. The predicted molar refractivity (Wildman–Crippen MR) is 102 cm³/mol. The second-order valence-corrected chi connectivity index (χ2v) is 8.12. The highest BCUT2D eigenvalue weighted by atomic mass is 35.5. The minimum absolute atomic E-state index is 0.197. The number of carbonyl (C=O) groups is 1. The summed E-state index contributed by atoms with van der Waals surface area (Å²) >= 11 is 7.40. The second kappa shape index (κ2) is 8.56. The number of hydrogen-bond acceptors (Lipinski definition) is 3. The number of thioether (sulfide) groups is 1. The zero-order chi connectivity index (χ0) is 20.4. The van der Waals surface area contributed by atoms with Gasteiger partial charge in [0.2, 0.25) is 5.91 Å². The van der Waals surface area contributed by atoms with Crippen molar-refractivity contribution in [3.05, 3.63) is 40.2 Å². The molecule has 0 saturated heterocycles. The number of carbonyl (C=O) groups excluding carboxylic acids is 1. The molecule has 1 heterocycles. The lowest BCUT2D eigenvalue weighted by Crippen LogP contribution is -2.22. The van der Waals surface area contributed by atoms with Crippen molar-refractivity contribution in [2.45, 2.75) is 57.0 Å². The Hall–Kier alpha value is -1.67. The maximum atomic E-state index is 13.4. The molecule has 1 N–H and O–H groups in total. The molecule has 0 aliphatic carbocycles. The maximum absolute atomic E-state index is 13.4. The van der Waals surface area contributed by atoms with Crippen molar-refractivity contribution in [1.29, 1.82) is 0 Å². The Morgan fingerprint density at radius 2 is 2.04 bits per heavy atom. The number of nitrogens with one attached hydrogen (secondary N) is 1. The fraction of sp³-hybridized carbons (Fsp3) is 0.444. The Kier molecular flexibility index (Phi) is 6.86. The Morgan fingerprint density at radius 3 is 2.56 bits per heavy atom. The lowest BCUT2D eigenvalue weighted by atomic mass is 10.1. The van der Waals surface area contributed by atoms with E-state index in [0.717, 1.165) is 12.5 Å². The van der Waals surface area contributed by atoms with Gasteiger partial charge in [-0.05, 0) is 38.5 Å². The van der Waals surface area contributed by atoms with Gasteiger partial charge >= 0.3 is 6.18 Å². The van der Waals surface area contributed by atoms with Crippen LogP contribution in [-0.2, 0) is 17.5 Å². The third kappa shape index (κ3) is 5.42. The van der Waals surface area contributed by atoms with Gasteiger partial charge in [0.15, 0.2) is 0 Å². The highest BCUT2D eigenvalue weighted by molar-refractivity contribution is 7.99. The molecule has 148 valence electrons. The van der Waals surface area contributed by atoms with Crippen LogP contribution in [0.15, 0.2) is 23.1 Å². The fourth-order valence-corrected chi connectivity index (χ4v) is 3.51. The molecule has 27 heavy (non-hydrogen) atoms. The molecule has 0 spiro atoms. The number of halogens is 4. The molecule has 4 nitrogen and oxygen atoms in total. The topological polar surface area (TPSA) is 46.9 Å². The summed E-state index contributed by atoms with van der Waals surface area (Å²) in [5.74, 6) is -0.606. The highest BCUT2D eigenvalue weighted by Gasteiger charge is 2.34. The molecule has 1 aromatic carbocycles. The smallest absolute Gasteiger partial charge is 0.324 e. The fourth-order valence-electron chi connectivity index (χ4n) is 2.41. The SMILES string of the molecule is CCC(C)Sc1ccc(NC(=O)Cn2nc(C)c(Cl)c2C)c(C(F)(F)F)c1. The summed E-state index contributed by atoms with van der Waals surface area (Å²) in [6, 6.07) is 3.95. The van der Waals surface area contributed by atoms with Crippen LogP contribution in [0.1, 0.15) is 37.2 Å². The zero-order valence-electron chi connectivity index (χ0n) is 15.4. The number of hydrogen-bond donors (Lipinski definition) is 1. The summed E-state index contributed by atoms with van der Waals surface area (Å²) in [6.07, 6.45) is -3.73. The van der Waals surface area contributed by atoms with Gasteiger partial charge in [-0.1, -0.05) is 25.4 Å². The van der Waals surface area contributed by atoms with Crippen LogP contribution in [0.25, 0.3) is 0 Å². The number of aryl methyl sites for hydroxylation is 1. The molecule has 1 unspecified atom stereocenters. The molecule has 0 radical (unpaired) electrons. The molecule has 0 fully saturated rings. The summed E-state index contributed by atoms with van der Waals surface area (Å²) in [4.78, 5) is 12.8. The molecule has 0 saturated carbocycles. The first kappa shape index (κ1) is 21.6. The number of nitrogens with zero attached hydrogens (tertiary/aromatic N) is 2. The highest BCUT2D eigenvalue weighted by Crippen LogP contribution is 2.38. The van der Waals surface area contributed by atoms with Gasteiger partial charge in [-0.15, -0.1) is 11.8 Å². The Labute approximate surface area is 165 Å². The number of amides is 1. The zero-order valence-corrected chi connectivity index (χ0v) is 17.0. The van der Waals surface area contributed by atoms with E-state index in [2.05, 4.69) is 10.4 Å². The van der Waals surface area contributed by atoms with Gasteiger partial charge in [0.25, 0.3) is 0 Å². The Bertz CT molecular complexity index is 836. The molecule has 1 amide bonds. The monoisotopic (exact) mass is 419 g/mol. The van der Waals surface area contributed by atoms with Crippen molar-refractivity contribution in [2.75, 3.05) is 5.32 Å². The van der Waals surface area contributed by atoms with Gasteiger partial charge in [-0.25, -0.2) is 0 Å². The largest absolute Gasteiger partial charge is 0.418 e. The van der Waals surface area contributed by atoms with Crippen molar-refractivity contribution >= 4 is 35.0 Å². The second-order valence-electron chi connectivity index (χ2n) is 6.23. The Balaban J connectivity index is 2.23. The quantitative estimate of drug-likeness (QED) is 0.611. The minimum atomic E-state index is -4.57. The molecule has 9 heteroatoms. The summed E-state index contributed by atoms with van der Waals surface area (Å²) in [6.45, 7) is 7.09. The van der Waals surface area contributed by atoms with E-state index in [4.69, 9.17) is 11.6 Å². The van der Waals surface area contributed by atoms with Gasteiger partial charge in [0.1, 0.15) is 6.54 Å². The number of rotatable bonds is 6. The van der Waals surface area contributed by atoms with Crippen LogP contribution < -0.4 is 5.32 Å². The van der Waals surface area contributed by atoms with Crippen LogP contribution in [0.5, 0.6) is 0 Å². The van der Waals surface area contributed by atoms with Crippen LogP contribution in [0, 0.1) is 13.8 Å². The van der Waals surface area contributed by atoms with Crippen molar-refractivity contribution in [2.24, 2.45) is 0 Å². The molecule has 2 aromatic rings. The van der Waals surface area contributed by atoms with E-state index in [1.165, 1.54) is 22.5 Å². The number of alkyl halides is 3. The van der Waals surface area contributed by atoms with Gasteiger partial charge in [0, 0.05) is 10.1 Å². The normalized spacial score (nSPS) is 12.9. The van der Waals surface area contributed by atoms with Crippen molar-refractivity contribution in [3.8, 4) is 0 Å². The van der Waals surface area contributed by atoms with Crippen LogP contribution >= 0.6 is 23.4 Å². The molecule has 0 bridgehead atoms. The molecule has 2 rings (SSSR count). The lowest BCUT2D eigenvalue weighted by molar-refractivity contribution is -0.137. The van der Waals surface area contributed by atoms with E-state index < -0.39 is 17.6 Å². The molecule has 0 aliphatic rings. The summed E-state index contributed by atoms with van der Waals surface area (Å²) < 4.78 is 41.7. The van der Waals surface area contributed by atoms with Crippen molar-refractivity contribution in [1.82, 2.24) is 9.78 Å².